The molecule has 2 rings (SSSR count). The summed E-state index contributed by atoms with van der Waals surface area (Å²) in [4.78, 5) is 24.0. The molecule has 104 valence electrons. The highest BCUT2D eigenvalue weighted by molar-refractivity contribution is 5.94. The first-order valence-corrected chi connectivity index (χ1v) is 5.89. The Labute approximate surface area is 117 Å². The third-order valence-corrected chi connectivity index (χ3v) is 3.24. The van der Waals surface area contributed by atoms with E-state index in [9.17, 15) is 14.9 Å². The van der Waals surface area contributed by atoms with E-state index in [1.807, 2.05) is 0 Å². The Morgan fingerprint density at radius 3 is 2.58 bits per heavy atom. The lowest BCUT2D eigenvalue weighted by Crippen LogP contribution is -2.39. The summed E-state index contributed by atoms with van der Waals surface area (Å²) in [5.74, 6) is -0.0992. The molecule has 0 aliphatic carbocycles. The van der Waals surface area contributed by atoms with Gasteiger partial charge >= 0.3 is 0 Å². The molecule has 0 aromatic heterocycles. The van der Waals surface area contributed by atoms with E-state index in [-0.39, 0.29) is 30.0 Å². The van der Waals surface area contributed by atoms with Gasteiger partial charge < -0.3 is 10.6 Å². The number of nitro benzene ring substituents is 1. The van der Waals surface area contributed by atoms with Crippen molar-refractivity contribution in [2.45, 2.75) is 18.9 Å². The molecule has 1 aromatic rings. The van der Waals surface area contributed by atoms with Crippen LogP contribution in [0.15, 0.2) is 24.3 Å². The third kappa shape index (κ3) is 3.21. The average Bonchev–Trinajstić information content (AvgIpc) is 2.86. The topological polar surface area (TPSA) is 89.5 Å². The molecule has 1 fully saturated rings. The Kier molecular flexibility index (Phi) is 5.26. The van der Waals surface area contributed by atoms with Crippen molar-refractivity contribution < 1.29 is 9.72 Å². The Morgan fingerprint density at radius 2 is 2.05 bits per heavy atom. The average molecular weight is 286 g/mol. The highest BCUT2D eigenvalue weighted by atomic mass is 35.5. The Balaban J connectivity index is 0.00000180. The number of hydrogen-bond donors (Lipinski definition) is 1. The van der Waals surface area contributed by atoms with Crippen LogP contribution in [0.4, 0.5) is 5.69 Å². The van der Waals surface area contributed by atoms with Crippen molar-refractivity contribution in [2.75, 3.05) is 13.1 Å². The van der Waals surface area contributed by atoms with E-state index in [0.29, 0.717) is 18.7 Å². The summed E-state index contributed by atoms with van der Waals surface area (Å²) in [6.45, 7) is 1.16. The number of hydrogen-bond acceptors (Lipinski definition) is 4. The Bertz CT molecular complexity index is 464. The highest BCUT2D eigenvalue weighted by Crippen LogP contribution is 2.20. The van der Waals surface area contributed by atoms with Crippen molar-refractivity contribution in [2.24, 2.45) is 5.73 Å². The van der Waals surface area contributed by atoms with Crippen molar-refractivity contribution in [3.8, 4) is 0 Å². The standard InChI is InChI=1S/C12H15N3O3.ClH/c13-8-11-2-1-7-14(11)12(16)9-3-5-10(6-4-9)15(17)18;/h3-6,11H,1-2,7-8,13H2;1H. The maximum atomic E-state index is 12.2. The summed E-state index contributed by atoms with van der Waals surface area (Å²) in [6, 6.07) is 5.77. The van der Waals surface area contributed by atoms with Crippen LogP contribution in [0.25, 0.3) is 0 Å². The molecule has 0 bridgehead atoms. The highest BCUT2D eigenvalue weighted by Gasteiger charge is 2.28. The molecule has 0 saturated carbocycles. The normalized spacial score (nSPS) is 17.9. The predicted molar refractivity (Wildman–Crippen MR) is 73.5 cm³/mol. The van der Waals surface area contributed by atoms with Gasteiger partial charge in [-0.2, -0.15) is 0 Å². The third-order valence-electron chi connectivity index (χ3n) is 3.24. The van der Waals surface area contributed by atoms with Crippen LogP contribution in [0, 0.1) is 10.1 Å². The molecule has 1 unspecified atom stereocenters. The van der Waals surface area contributed by atoms with Gasteiger partial charge in [-0.1, -0.05) is 0 Å². The van der Waals surface area contributed by atoms with E-state index < -0.39 is 4.92 Å². The molecule has 0 spiro atoms. The van der Waals surface area contributed by atoms with E-state index in [1.54, 1.807) is 4.90 Å². The molecule has 2 N–H and O–H groups in total. The van der Waals surface area contributed by atoms with E-state index in [4.69, 9.17) is 5.73 Å². The fourth-order valence-corrected chi connectivity index (χ4v) is 2.24. The van der Waals surface area contributed by atoms with Gasteiger partial charge in [0.1, 0.15) is 0 Å². The van der Waals surface area contributed by atoms with Gasteiger partial charge in [0.15, 0.2) is 0 Å². The van der Waals surface area contributed by atoms with E-state index in [2.05, 4.69) is 0 Å². The summed E-state index contributed by atoms with van der Waals surface area (Å²) in [5, 5.41) is 10.5. The predicted octanol–water partition coefficient (Wildman–Crippen LogP) is 1.58. The molecule has 1 atom stereocenters. The summed E-state index contributed by atoms with van der Waals surface area (Å²) in [5.41, 5.74) is 6.08. The minimum atomic E-state index is -0.479. The van der Waals surface area contributed by atoms with E-state index >= 15 is 0 Å². The van der Waals surface area contributed by atoms with Crippen LogP contribution in [0.5, 0.6) is 0 Å². The Hall–Kier alpha value is -1.66. The van der Waals surface area contributed by atoms with Crippen LogP contribution in [-0.4, -0.2) is 34.9 Å². The number of benzene rings is 1. The van der Waals surface area contributed by atoms with Gasteiger partial charge in [0.2, 0.25) is 0 Å². The first-order chi connectivity index (χ1) is 8.63. The van der Waals surface area contributed by atoms with Gasteiger partial charge in [-0.25, -0.2) is 0 Å². The van der Waals surface area contributed by atoms with E-state index in [0.717, 1.165) is 12.8 Å². The SMILES string of the molecule is Cl.NCC1CCCN1C(=O)c1ccc([N+](=O)[O-])cc1. The van der Waals surface area contributed by atoms with Gasteiger partial charge in [-0.05, 0) is 25.0 Å². The molecule has 1 saturated heterocycles. The van der Waals surface area contributed by atoms with Crippen LogP contribution in [0.2, 0.25) is 0 Å². The minimum absolute atomic E-state index is 0. The molecule has 7 heteroatoms. The van der Waals surface area contributed by atoms with Gasteiger partial charge in [-0.15, -0.1) is 12.4 Å². The fraction of sp³-hybridized carbons (Fsp3) is 0.417. The molecule has 19 heavy (non-hydrogen) atoms. The molecule has 1 aliphatic heterocycles. The number of carbonyl (C=O) groups is 1. The zero-order chi connectivity index (χ0) is 13.1. The number of nitro groups is 1. The van der Waals surface area contributed by atoms with Crippen LogP contribution in [0.3, 0.4) is 0 Å². The second-order valence-corrected chi connectivity index (χ2v) is 4.33. The number of amides is 1. The summed E-state index contributed by atoms with van der Waals surface area (Å²) in [7, 11) is 0. The van der Waals surface area contributed by atoms with Gasteiger partial charge in [0.25, 0.3) is 11.6 Å². The van der Waals surface area contributed by atoms with Crippen molar-refractivity contribution in [3.05, 3.63) is 39.9 Å². The van der Waals surface area contributed by atoms with Gasteiger partial charge in [0.05, 0.1) is 4.92 Å². The molecular weight excluding hydrogens is 270 g/mol. The van der Waals surface area contributed by atoms with E-state index in [1.165, 1.54) is 24.3 Å². The van der Waals surface area contributed by atoms with Crippen LogP contribution in [-0.2, 0) is 0 Å². The largest absolute Gasteiger partial charge is 0.334 e. The lowest BCUT2D eigenvalue weighted by atomic mass is 10.1. The maximum absolute atomic E-state index is 12.2. The van der Waals surface area contributed by atoms with Crippen LogP contribution in [0.1, 0.15) is 23.2 Å². The number of carbonyl (C=O) groups excluding carboxylic acids is 1. The fourth-order valence-electron chi connectivity index (χ4n) is 2.24. The van der Waals surface area contributed by atoms with Crippen molar-refractivity contribution in [1.82, 2.24) is 4.90 Å². The van der Waals surface area contributed by atoms with Crippen molar-refractivity contribution in [1.29, 1.82) is 0 Å². The number of nitrogens with zero attached hydrogens (tertiary/aromatic N) is 2. The number of non-ortho nitro benzene ring substituents is 1. The van der Waals surface area contributed by atoms with Gasteiger partial charge in [0, 0.05) is 36.8 Å². The smallest absolute Gasteiger partial charge is 0.269 e. The van der Waals surface area contributed by atoms with Crippen LogP contribution >= 0.6 is 12.4 Å². The molecule has 6 nitrogen and oxygen atoms in total. The lowest BCUT2D eigenvalue weighted by Gasteiger charge is -2.23. The Morgan fingerprint density at radius 1 is 1.42 bits per heavy atom. The van der Waals surface area contributed by atoms with Crippen molar-refractivity contribution in [3.63, 3.8) is 0 Å². The molecule has 1 aromatic carbocycles. The number of nitrogens with two attached hydrogens (primary N) is 1. The minimum Gasteiger partial charge on any atom is -0.334 e. The lowest BCUT2D eigenvalue weighted by molar-refractivity contribution is -0.384. The second kappa shape index (κ2) is 6.49. The second-order valence-electron chi connectivity index (χ2n) is 4.33. The monoisotopic (exact) mass is 285 g/mol. The molecule has 0 radical (unpaired) electrons. The zero-order valence-corrected chi connectivity index (χ0v) is 11.1. The zero-order valence-electron chi connectivity index (χ0n) is 10.3. The van der Waals surface area contributed by atoms with Crippen molar-refractivity contribution >= 4 is 24.0 Å². The number of rotatable bonds is 3. The first-order valence-electron chi connectivity index (χ1n) is 5.89. The first kappa shape index (κ1) is 15.4. The summed E-state index contributed by atoms with van der Waals surface area (Å²) in [6.07, 6.45) is 1.88. The molecule has 1 aliphatic rings. The van der Waals surface area contributed by atoms with Gasteiger partial charge in [-0.3, -0.25) is 14.9 Å². The van der Waals surface area contributed by atoms with Crippen LogP contribution < -0.4 is 5.73 Å². The molecule has 1 heterocycles. The molecular formula is C12H16ClN3O3. The summed E-state index contributed by atoms with van der Waals surface area (Å²) >= 11 is 0. The molecule has 1 amide bonds. The number of likely N-dealkylation sites (tertiary alicyclic amines) is 1. The summed E-state index contributed by atoms with van der Waals surface area (Å²) < 4.78 is 0. The maximum Gasteiger partial charge on any atom is 0.269 e. The quantitative estimate of drug-likeness (QED) is 0.674. The number of halogens is 1.